The monoisotopic (exact) mass is 390 g/mol. The largest absolute Gasteiger partial charge is 0.508 e. The van der Waals surface area contributed by atoms with Gasteiger partial charge in [-0.15, -0.1) is 0 Å². The third kappa shape index (κ3) is 4.72. The number of nitrogens with zero attached hydrogens (tertiary/aromatic N) is 4. The molecule has 1 aliphatic heterocycles. The first-order chi connectivity index (χ1) is 14.2. The Labute approximate surface area is 171 Å². The summed E-state index contributed by atoms with van der Waals surface area (Å²) in [6.07, 6.45) is 4.67. The van der Waals surface area contributed by atoms with Crippen molar-refractivity contribution in [1.29, 1.82) is 0 Å². The highest BCUT2D eigenvalue weighted by Gasteiger charge is 2.17. The predicted molar refractivity (Wildman–Crippen MR) is 114 cm³/mol. The molecule has 4 rings (SSSR count). The van der Waals surface area contributed by atoms with Crippen LogP contribution in [0.15, 0.2) is 60.9 Å². The quantitative estimate of drug-likeness (QED) is 0.698. The summed E-state index contributed by atoms with van der Waals surface area (Å²) in [6, 6.07) is 15.7. The minimum absolute atomic E-state index is 0.129. The molecule has 29 heavy (non-hydrogen) atoms. The summed E-state index contributed by atoms with van der Waals surface area (Å²) in [6.45, 7) is 4.62. The second kappa shape index (κ2) is 9.03. The summed E-state index contributed by atoms with van der Waals surface area (Å²) in [5, 5.41) is 19.2. The minimum Gasteiger partial charge on any atom is -0.508 e. The molecule has 1 aliphatic rings. The van der Waals surface area contributed by atoms with Gasteiger partial charge in [0, 0.05) is 50.7 Å². The first-order valence-corrected chi connectivity index (χ1v) is 9.99. The molecule has 1 fully saturated rings. The number of hydrogen-bond donors (Lipinski definition) is 2. The Morgan fingerprint density at radius 1 is 0.862 bits per heavy atom. The molecule has 0 radical (unpaired) electrons. The van der Waals surface area contributed by atoms with E-state index in [-0.39, 0.29) is 12.4 Å². The van der Waals surface area contributed by atoms with E-state index in [0.717, 1.165) is 56.2 Å². The van der Waals surface area contributed by atoms with Gasteiger partial charge in [-0.2, -0.15) is 0 Å². The second-order valence-corrected chi connectivity index (χ2v) is 7.37. The Balaban J connectivity index is 1.44. The van der Waals surface area contributed by atoms with Crippen LogP contribution in [-0.4, -0.2) is 51.3 Å². The van der Waals surface area contributed by atoms with E-state index in [0.29, 0.717) is 5.56 Å². The summed E-state index contributed by atoms with van der Waals surface area (Å²) in [4.78, 5) is 13.5. The minimum atomic E-state index is -0.172. The number of aromatic hydroxyl groups is 1. The van der Waals surface area contributed by atoms with Crippen LogP contribution < -0.4 is 4.90 Å². The molecular weight excluding hydrogens is 364 g/mol. The number of aliphatic hydroxyl groups excluding tert-OH is 1. The van der Waals surface area contributed by atoms with Gasteiger partial charge in [0.15, 0.2) is 0 Å². The first-order valence-electron chi connectivity index (χ1n) is 9.99. The topological polar surface area (TPSA) is 72.7 Å². The highest BCUT2D eigenvalue weighted by atomic mass is 16.3. The van der Waals surface area contributed by atoms with E-state index in [1.807, 2.05) is 18.2 Å². The van der Waals surface area contributed by atoms with E-state index in [2.05, 4.69) is 44.0 Å². The maximum Gasteiger partial charge on any atom is 0.225 e. The van der Waals surface area contributed by atoms with Gasteiger partial charge in [-0.05, 0) is 47.4 Å². The van der Waals surface area contributed by atoms with E-state index in [1.165, 1.54) is 5.56 Å². The maximum atomic E-state index is 9.80. The van der Waals surface area contributed by atoms with Gasteiger partial charge >= 0.3 is 0 Å². The molecule has 0 bridgehead atoms. The molecule has 2 N–H and O–H groups in total. The summed E-state index contributed by atoms with van der Waals surface area (Å²) in [5.41, 5.74) is 3.89. The van der Waals surface area contributed by atoms with Gasteiger partial charge in [-0.1, -0.05) is 24.3 Å². The van der Waals surface area contributed by atoms with Crippen LogP contribution in [0.3, 0.4) is 0 Å². The molecule has 3 aromatic rings. The Morgan fingerprint density at radius 3 is 2.52 bits per heavy atom. The normalized spacial score (nSPS) is 15.3. The van der Waals surface area contributed by atoms with Crippen LogP contribution in [0.2, 0.25) is 0 Å². The average molecular weight is 390 g/mol. The van der Waals surface area contributed by atoms with Crippen molar-refractivity contribution < 1.29 is 10.2 Å². The zero-order valence-electron chi connectivity index (χ0n) is 16.4. The predicted octanol–water partition coefficient (Wildman–Crippen LogP) is 3.05. The van der Waals surface area contributed by atoms with Gasteiger partial charge in [0.2, 0.25) is 5.95 Å². The summed E-state index contributed by atoms with van der Waals surface area (Å²) < 4.78 is 0. The van der Waals surface area contributed by atoms with Crippen molar-refractivity contribution in [1.82, 2.24) is 14.9 Å². The fraction of sp³-hybridized carbons (Fsp3) is 0.304. The molecule has 2 heterocycles. The molecule has 0 atom stereocenters. The van der Waals surface area contributed by atoms with Crippen molar-refractivity contribution in [2.24, 2.45) is 0 Å². The van der Waals surface area contributed by atoms with Gasteiger partial charge in [-0.3, -0.25) is 4.90 Å². The van der Waals surface area contributed by atoms with E-state index in [4.69, 9.17) is 0 Å². The maximum absolute atomic E-state index is 9.80. The number of phenols is 1. The molecule has 6 nitrogen and oxygen atoms in total. The van der Waals surface area contributed by atoms with Crippen LogP contribution in [0.25, 0.3) is 11.1 Å². The molecular formula is C23H26N4O2. The van der Waals surface area contributed by atoms with Crippen molar-refractivity contribution in [3.8, 4) is 16.9 Å². The SMILES string of the molecule is OCc1cc(-c2cccc(CN3CCCN(c4ncccn4)CC3)c2)ccc1O. The van der Waals surface area contributed by atoms with Gasteiger partial charge in [0.25, 0.3) is 0 Å². The number of benzene rings is 2. The number of rotatable bonds is 5. The summed E-state index contributed by atoms with van der Waals surface area (Å²) in [5.74, 6) is 0.937. The first kappa shape index (κ1) is 19.4. The highest BCUT2D eigenvalue weighted by Crippen LogP contribution is 2.27. The highest BCUT2D eigenvalue weighted by molar-refractivity contribution is 5.66. The third-order valence-corrected chi connectivity index (χ3v) is 5.34. The van der Waals surface area contributed by atoms with Crippen molar-refractivity contribution in [2.75, 3.05) is 31.1 Å². The summed E-state index contributed by atoms with van der Waals surface area (Å²) in [7, 11) is 0. The van der Waals surface area contributed by atoms with Gasteiger partial charge in [0.1, 0.15) is 5.75 Å². The van der Waals surface area contributed by atoms with Gasteiger partial charge in [-0.25, -0.2) is 9.97 Å². The Morgan fingerprint density at radius 2 is 1.69 bits per heavy atom. The average Bonchev–Trinajstić information content (AvgIpc) is 3.00. The van der Waals surface area contributed by atoms with Gasteiger partial charge in [0.05, 0.1) is 6.61 Å². The Bertz CT molecular complexity index is 949. The van der Waals surface area contributed by atoms with Crippen molar-refractivity contribution in [2.45, 2.75) is 19.6 Å². The molecule has 0 saturated carbocycles. The van der Waals surface area contributed by atoms with Crippen molar-refractivity contribution in [3.05, 3.63) is 72.1 Å². The summed E-state index contributed by atoms with van der Waals surface area (Å²) >= 11 is 0. The second-order valence-electron chi connectivity index (χ2n) is 7.37. The lowest BCUT2D eigenvalue weighted by Gasteiger charge is -2.22. The smallest absolute Gasteiger partial charge is 0.225 e. The molecule has 2 aromatic carbocycles. The van der Waals surface area contributed by atoms with Gasteiger partial charge < -0.3 is 15.1 Å². The zero-order valence-corrected chi connectivity index (χ0v) is 16.4. The zero-order chi connectivity index (χ0) is 20.1. The van der Waals surface area contributed by atoms with Crippen LogP contribution in [0.5, 0.6) is 5.75 Å². The molecule has 1 saturated heterocycles. The molecule has 150 valence electrons. The molecule has 0 spiro atoms. The number of anilines is 1. The fourth-order valence-corrected chi connectivity index (χ4v) is 3.78. The molecule has 0 unspecified atom stereocenters. The molecule has 0 amide bonds. The molecule has 0 aliphatic carbocycles. The van der Waals surface area contributed by atoms with E-state index in [1.54, 1.807) is 18.5 Å². The van der Waals surface area contributed by atoms with Crippen molar-refractivity contribution >= 4 is 5.95 Å². The van der Waals surface area contributed by atoms with Crippen LogP contribution in [0, 0.1) is 0 Å². The lowest BCUT2D eigenvalue weighted by molar-refractivity contribution is 0.275. The Kier molecular flexibility index (Phi) is 6.03. The van der Waals surface area contributed by atoms with Crippen molar-refractivity contribution in [3.63, 3.8) is 0 Å². The Hall–Kier alpha value is -2.96. The third-order valence-electron chi connectivity index (χ3n) is 5.34. The van der Waals surface area contributed by atoms with Crippen LogP contribution in [0.4, 0.5) is 5.95 Å². The van der Waals surface area contributed by atoms with Crippen LogP contribution in [0.1, 0.15) is 17.5 Å². The van der Waals surface area contributed by atoms with E-state index in [9.17, 15) is 10.2 Å². The van der Waals surface area contributed by atoms with E-state index < -0.39 is 0 Å². The number of aromatic nitrogens is 2. The van der Waals surface area contributed by atoms with Crippen LogP contribution in [-0.2, 0) is 13.2 Å². The molecule has 1 aromatic heterocycles. The number of aliphatic hydroxyl groups is 1. The lowest BCUT2D eigenvalue weighted by atomic mass is 10.0. The van der Waals surface area contributed by atoms with E-state index >= 15 is 0 Å². The fourth-order valence-electron chi connectivity index (χ4n) is 3.78. The lowest BCUT2D eigenvalue weighted by Crippen LogP contribution is -2.31. The molecule has 6 heteroatoms. The standard InChI is InChI=1S/C23H26N4O2/c28-17-21-15-20(6-7-22(21)29)19-5-1-4-18(14-19)16-26-10-3-11-27(13-12-26)23-24-8-2-9-25-23/h1-2,4-9,14-15,28-29H,3,10-13,16-17H2. The number of hydrogen-bond acceptors (Lipinski definition) is 6. The van der Waals surface area contributed by atoms with Crippen LogP contribution >= 0.6 is 0 Å².